The van der Waals surface area contributed by atoms with E-state index >= 15 is 0 Å². The Hall–Kier alpha value is -2.17. The fourth-order valence-corrected chi connectivity index (χ4v) is 1.72. The minimum atomic E-state index is -0.470. The number of aromatic nitrogens is 3. The maximum atomic E-state index is 11.3. The molecule has 0 aliphatic rings. The van der Waals surface area contributed by atoms with Crippen molar-refractivity contribution in [1.82, 2.24) is 15.0 Å². The van der Waals surface area contributed by atoms with E-state index in [9.17, 15) is 4.79 Å². The van der Waals surface area contributed by atoms with Crippen LogP contribution in [-0.2, 0) is 11.3 Å². The monoisotopic (exact) mass is 245 g/mol. The van der Waals surface area contributed by atoms with E-state index < -0.39 is 5.97 Å². The van der Waals surface area contributed by atoms with Crippen molar-refractivity contribution in [2.75, 3.05) is 7.11 Å². The molecular formula is C13H15N3O2. The number of nitrogens with zero attached hydrogens (tertiary/aromatic N) is 3. The van der Waals surface area contributed by atoms with Crippen LogP contribution < -0.4 is 0 Å². The van der Waals surface area contributed by atoms with E-state index in [0.29, 0.717) is 6.54 Å². The smallest absolute Gasteiger partial charge is 0.360 e. The molecule has 2 aromatic rings. The highest BCUT2D eigenvalue weighted by Crippen LogP contribution is 2.12. The summed E-state index contributed by atoms with van der Waals surface area (Å²) in [5.74, 6) is -0.470. The average Bonchev–Trinajstić information content (AvgIpc) is 2.81. The molecule has 5 nitrogen and oxygen atoms in total. The van der Waals surface area contributed by atoms with Gasteiger partial charge in [0, 0.05) is 0 Å². The highest BCUT2D eigenvalue weighted by molar-refractivity contribution is 5.86. The molecule has 2 rings (SSSR count). The molecule has 1 aromatic heterocycles. The van der Waals surface area contributed by atoms with Crippen LogP contribution in [0, 0.1) is 13.8 Å². The van der Waals surface area contributed by atoms with Crippen LogP contribution >= 0.6 is 0 Å². The molecule has 0 amide bonds. The van der Waals surface area contributed by atoms with Gasteiger partial charge in [-0.25, -0.2) is 9.48 Å². The predicted octanol–water partition coefficient (Wildman–Crippen LogP) is 1.73. The fourth-order valence-electron chi connectivity index (χ4n) is 1.72. The number of esters is 1. The van der Waals surface area contributed by atoms with Crippen LogP contribution in [0.2, 0.25) is 0 Å². The topological polar surface area (TPSA) is 57.0 Å². The van der Waals surface area contributed by atoms with Gasteiger partial charge in [0.1, 0.15) is 0 Å². The summed E-state index contributed by atoms with van der Waals surface area (Å²) in [5, 5.41) is 7.69. The lowest BCUT2D eigenvalue weighted by molar-refractivity contribution is 0.0594. The molecule has 0 radical (unpaired) electrons. The van der Waals surface area contributed by atoms with E-state index in [1.165, 1.54) is 18.2 Å². The number of hydrogen-bond acceptors (Lipinski definition) is 4. The molecule has 1 heterocycles. The fraction of sp³-hybridized carbons (Fsp3) is 0.308. The molecule has 1 aromatic carbocycles. The van der Waals surface area contributed by atoms with Gasteiger partial charge in [0.2, 0.25) is 0 Å². The third-order valence-electron chi connectivity index (χ3n) is 2.77. The molecule has 0 bridgehead atoms. The number of carbonyl (C=O) groups excluding carboxylic acids is 1. The van der Waals surface area contributed by atoms with Gasteiger partial charge in [0.25, 0.3) is 0 Å². The van der Waals surface area contributed by atoms with Crippen molar-refractivity contribution in [3.05, 3.63) is 46.8 Å². The van der Waals surface area contributed by atoms with Crippen LogP contribution in [0.25, 0.3) is 0 Å². The highest BCUT2D eigenvalue weighted by atomic mass is 16.5. The zero-order chi connectivity index (χ0) is 13.1. The quantitative estimate of drug-likeness (QED) is 0.773. The summed E-state index contributed by atoms with van der Waals surface area (Å²) in [6, 6.07) is 6.25. The lowest BCUT2D eigenvalue weighted by Crippen LogP contribution is -2.03. The average molecular weight is 245 g/mol. The Balaban J connectivity index is 2.21. The van der Waals surface area contributed by atoms with Crippen molar-refractivity contribution in [3.8, 4) is 0 Å². The number of methoxy groups -OCH3 is 1. The minimum absolute atomic E-state index is 0.225. The third kappa shape index (κ3) is 2.56. The molecule has 0 saturated carbocycles. The first-order chi connectivity index (χ1) is 8.60. The SMILES string of the molecule is COC(=O)c1cn(Cc2cc(C)ccc2C)nn1. The lowest BCUT2D eigenvalue weighted by Gasteiger charge is -2.06. The lowest BCUT2D eigenvalue weighted by atomic mass is 10.1. The number of aryl methyl sites for hydroxylation is 2. The summed E-state index contributed by atoms with van der Waals surface area (Å²) in [5.41, 5.74) is 3.78. The Morgan fingerprint density at radius 3 is 2.89 bits per heavy atom. The summed E-state index contributed by atoms with van der Waals surface area (Å²) in [7, 11) is 1.33. The maximum Gasteiger partial charge on any atom is 0.360 e. The first-order valence-corrected chi connectivity index (χ1v) is 5.64. The van der Waals surface area contributed by atoms with Gasteiger partial charge in [-0.3, -0.25) is 0 Å². The van der Waals surface area contributed by atoms with Gasteiger partial charge in [0.05, 0.1) is 19.9 Å². The van der Waals surface area contributed by atoms with Gasteiger partial charge in [-0.15, -0.1) is 5.10 Å². The largest absolute Gasteiger partial charge is 0.464 e. The Morgan fingerprint density at radius 2 is 2.17 bits per heavy atom. The zero-order valence-corrected chi connectivity index (χ0v) is 10.7. The molecule has 0 unspecified atom stereocenters. The van der Waals surface area contributed by atoms with Gasteiger partial charge in [-0.05, 0) is 25.0 Å². The Morgan fingerprint density at radius 1 is 1.39 bits per heavy atom. The number of benzene rings is 1. The van der Waals surface area contributed by atoms with E-state index in [0.717, 1.165) is 5.56 Å². The molecule has 0 aliphatic heterocycles. The van der Waals surface area contributed by atoms with Crippen molar-refractivity contribution in [2.24, 2.45) is 0 Å². The molecule has 18 heavy (non-hydrogen) atoms. The Bertz CT molecular complexity index is 575. The van der Waals surface area contributed by atoms with Crippen molar-refractivity contribution in [2.45, 2.75) is 20.4 Å². The van der Waals surface area contributed by atoms with Gasteiger partial charge >= 0.3 is 5.97 Å². The number of carbonyl (C=O) groups is 1. The molecule has 5 heteroatoms. The second-order valence-electron chi connectivity index (χ2n) is 4.22. The van der Waals surface area contributed by atoms with Crippen molar-refractivity contribution in [3.63, 3.8) is 0 Å². The molecule has 0 spiro atoms. The molecule has 0 aliphatic carbocycles. The maximum absolute atomic E-state index is 11.3. The molecule has 94 valence electrons. The van der Waals surface area contributed by atoms with Gasteiger partial charge in [0.15, 0.2) is 5.69 Å². The summed E-state index contributed by atoms with van der Waals surface area (Å²) >= 11 is 0. The Kier molecular flexibility index (Phi) is 3.41. The van der Waals surface area contributed by atoms with Crippen molar-refractivity contribution >= 4 is 5.97 Å². The first-order valence-electron chi connectivity index (χ1n) is 5.64. The summed E-state index contributed by atoms with van der Waals surface area (Å²) < 4.78 is 6.22. The van der Waals surface area contributed by atoms with Crippen molar-refractivity contribution in [1.29, 1.82) is 0 Å². The van der Waals surface area contributed by atoms with Crippen LogP contribution in [-0.4, -0.2) is 28.1 Å². The number of hydrogen-bond donors (Lipinski definition) is 0. The van der Waals surface area contributed by atoms with E-state index in [-0.39, 0.29) is 5.69 Å². The van der Waals surface area contributed by atoms with Crippen LogP contribution in [0.5, 0.6) is 0 Å². The summed E-state index contributed by atoms with van der Waals surface area (Å²) in [6.07, 6.45) is 1.59. The molecule has 0 N–H and O–H groups in total. The van der Waals surface area contributed by atoms with Crippen LogP contribution in [0.3, 0.4) is 0 Å². The zero-order valence-electron chi connectivity index (χ0n) is 10.7. The first kappa shape index (κ1) is 12.3. The van der Waals surface area contributed by atoms with E-state index in [1.54, 1.807) is 10.9 Å². The molecule has 0 atom stereocenters. The number of rotatable bonds is 3. The highest BCUT2D eigenvalue weighted by Gasteiger charge is 2.11. The van der Waals surface area contributed by atoms with Gasteiger partial charge in [-0.2, -0.15) is 0 Å². The van der Waals surface area contributed by atoms with Gasteiger partial charge in [-0.1, -0.05) is 29.0 Å². The number of ether oxygens (including phenoxy) is 1. The second-order valence-corrected chi connectivity index (χ2v) is 4.22. The van der Waals surface area contributed by atoms with Crippen LogP contribution in [0.1, 0.15) is 27.2 Å². The van der Waals surface area contributed by atoms with Crippen LogP contribution in [0.4, 0.5) is 0 Å². The third-order valence-corrected chi connectivity index (χ3v) is 2.77. The Labute approximate surface area is 105 Å². The predicted molar refractivity (Wildman–Crippen MR) is 66.4 cm³/mol. The molecular weight excluding hydrogens is 230 g/mol. The second kappa shape index (κ2) is 5.00. The minimum Gasteiger partial charge on any atom is -0.464 e. The van der Waals surface area contributed by atoms with Gasteiger partial charge < -0.3 is 4.74 Å². The summed E-state index contributed by atoms with van der Waals surface area (Å²) in [6.45, 7) is 4.69. The van der Waals surface area contributed by atoms with E-state index in [2.05, 4.69) is 33.2 Å². The van der Waals surface area contributed by atoms with E-state index in [4.69, 9.17) is 0 Å². The molecule has 0 fully saturated rings. The van der Waals surface area contributed by atoms with E-state index in [1.807, 2.05) is 13.8 Å². The standard InChI is InChI=1S/C13H15N3O2/c1-9-4-5-10(2)11(6-9)7-16-8-12(14-15-16)13(17)18-3/h4-6,8H,7H2,1-3H3. The van der Waals surface area contributed by atoms with Crippen molar-refractivity contribution < 1.29 is 9.53 Å². The summed E-state index contributed by atoms with van der Waals surface area (Å²) in [4.78, 5) is 11.3. The molecule has 0 saturated heterocycles. The van der Waals surface area contributed by atoms with Crippen LogP contribution in [0.15, 0.2) is 24.4 Å². The normalized spacial score (nSPS) is 10.4.